The zero-order valence-electron chi connectivity index (χ0n) is 15.2. The lowest BCUT2D eigenvalue weighted by Crippen LogP contribution is -2.20. The predicted molar refractivity (Wildman–Crippen MR) is 102 cm³/mol. The first kappa shape index (κ1) is 16.9. The fraction of sp³-hybridized carbons (Fsp3) is 0.211. The van der Waals surface area contributed by atoms with Crippen molar-refractivity contribution in [3.05, 3.63) is 63.4 Å². The zero-order chi connectivity index (χ0) is 19.1. The number of hydrogen-bond donors (Lipinski definition) is 1. The number of nitrogens with one attached hydrogen (secondary N) is 1. The van der Waals surface area contributed by atoms with Gasteiger partial charge in [-0.3, -0.25) is 14.3 Å². The molecule has 8 heteroatoms. The Hall–Kier alpha value is -3.55. The molecule has 0 atom stereocenters. The van der Waals surface area contributed by atoms with E-state index < -0.39 is 0 Å². The van der Waals surface area contributed by atoms with Crippen LogP contribution < -0.4 is 11.0 Å². The lowest BCUT2D eigenvalue weighted by atomic mass is 10.1. The number of pyridine rings is 2. The molecule has 0 aliphatic heterocycles. The molecule has 4 aromatic rings. The normalized spacial score (nSPS) is 11.4. The maximum atomic E-state index is 12.2. The molecule has 27 heavy (non-hydrogen) atoms. The third-order valence-corrected chi connectivity index (χ3v) is 4.31. The van der Waals surface area contributed by atoms with Gasteiger partial charge in [-0.05, 0) is 26.0 Å². The molecule has 0 bridgehead atoms. The van der Waals surface area contributed by atoms with Crippen LogP contribution in [-0.4, -0.2) is 29.3 Å². The molecule has 0 amide bonds. The molecule has 8 nitrogen and oxygen atoms in total. The van der Waals surface area contributed by atoms with Gasteiger partial charge in [-0.15, -0.1) is 0 Å². The highest BCUT2D eigenvalue weighted by Gasteiger charge is 2.17. The quantitative estimate of drug-likeness (QED) is 0.602. The first-order valence-electron chi connectivity index (χ1n) is 8.56. The molecule has 0 aromatic carbocycles. The zero-order valence-corrected chi connectivity index (χ0v) is 15.2. The number of aryl methyl sites for hydroxylation is 1. The SMILES string of the molecule is CC(C)n1cc(-c2nc3c(=O)cc[nH]c3nc2-c2ccn(C)n2)ccc1=O. The maximum Gasteiger partial charge on any atom is 0.250 e. The van der Waals surface area contributed by atoms with Gasteiger partial charge < -0.3 is 9.55 Å². The van der Waals surface area contributed by atoms with Crippen LogP contribution in [0.5, 0.6) is 0 Å². The molecule has 0 saturated carbocycles. The molecule has 4 rings (SSSR count). The van der Waals surface area contributed by atoms with Crippen molar-refractivity contribution in [2.45, 2.75) is 19.9 Å². The summed E-state index contributed by atoms with van der Waals surface area (Å²) in [6.45, 7) is 3.86. The summed E-state index contributed by atoms with van der Waals surface area (Å²) in [7, 11) is 1.82. The first-order chi connectivity index (χ1) is 12.9. The summed E-state index contributed by atoms with van der Waals surface area (Å²) >= 11 is 0. The minimum absolute atomic E-state index is 0.00688. The lowest BCUT2D eigenvalue weighted by Gasteiger charge is -2.13. The average Bonchev–Trinajstić information content (AvgIpc) is 3.08. The molecule has 0 fully saturated rings. The Kier molecular flexibility index (Phi) is 3.95. The Morgan fingerprint density at radius 2 is 1.85 bits per heavy atom. The number of H-pyrrole nitrogens is 1. The van der Waals surface area contributed by atoms with Crippen LogP contribution in [0.3, 0.4) is 0 Å². The second-order valence-corrected chi connectivity index (χ2v) is 6.59. The minimum Gasteiger partial charge on any atom is -0.345 e. The monoisotopic (exact) mass is 362 g/mol. The minimum atomic E-state index is -0.220. The number of aromatic nitrogens is 6. The van der Waals surface area contributed by atoms with Crippen molar-refractivity contribution in [1.82, 2.24) is 29.3 Å². The Balaban J connectivity index is 2.06. The summed E-state index contributed by atoms with van der Waals surface area (Å²) < 4.78 is 3.30. The van der Waals surface area contributed by atoms with Gasteiger partial charge in [0.1, 0.15) is 17.1 Å². The number of hydrogen-bond acceptors (Lipinski definition) is 5. The van der Waals surface area contributed by atoms with Gasteiger partial charge in [0, 0.05) is 49.4 Å². The largest absolute Gasteiger partial charge is 0.345 e. The summed E-state index contributed by atoms with van der Waals surface area (Å²) in [5.41, 5.74) is 2.70. The van der Waals surface area contributed by atoms with Crippen molar-refractivity contribution < 1.29 is 0 Å². The molecule has 0 aliphatic carbocycles. The second-order valence-electron chi connectivity index (χ2n) is 6.59. The van der Waals surface area contributed by atoms with Crippen LogP contribution in [0.2, 0.25) is 0 Å². The Morgan fingerprint density at radius 1 is 1.04 bits per heavy atom. The molecule has 0 unspecified atom stereocenters. The van der Waals surface area contributed by atoms with Crippen molar-refractivity contribution in [2.75, 3.05) is 0 Å². The van der Waals surface area contributed by atoms with Crippen LogP contribution in [0.25, 0.3) is 33.8 Å². The van der Waals surface area contributed by atoms with Gasteiger partial charge in [-0.25, -0.2) is 9.97 Å². The van der Waals surface area contributed by atoms with Crippen LogP contribution in [0.1, 0.15) is 19.9 Å². The maximum absolute atomic E-state index is 12.2. The third-order valence-electron chi connectivity index (χ3n) is 4.31. The third kappa shape index (κ3) is 2.95. The molecule has 0 spiro atoms. The summed E-state index contributed by atoms with van der Waals surface area (Å²) in [5.74, 6) is 0. The van der Waals surface area contributed by atoms with Gasteiger partial charge >= 0.3 is 0 Å². The van der Waals surface area contributed by atoms with E-state index in [-0.39, 0.29) is 22.5 Å². The van der Waals surface area contributed by atoms with E-state index in [9.17, 15) is 9.59 Å². The van der Waals surface area contributed by atoms with Crippen molar-refractivity contribution in [1.29, 1.82) is 0 Å². The molecule has 136 valence electrons. The molecular formula is C19H18N6O2. The van der Waals surface area contributed by atoms with Crippen LogP contribution in [0.4, 0.5) is 0 Å². The van der Waals surface area contributed by atoms with Crippen molar-refractivity contribution in [3.63, 3.8) is 0 Å². The van der Waals surface area contributed by atoms with E-state index in [0.717, 1.165) is 0 Å². The summed E-state index contributed by atoms with van der Waals surface area (Å²) in [4.78, 5) is 36.5. The highest BCUT2D eigenvalue weighted by molar-refractivity contribution is 5.83. The molecule has 4 heterocycles. The molecule has 0 saturated heterocycles. The fourth-order valence-electron chi connectivity index (χ4n) is 2.95. The number of rotatable bonds is 3. The van der Waals surface area contributed by atoms with E-state index in [0.29, 0.717) is 28.3 Å². The van der Waals surface area contributed by atoms with Gasteiger partial charge in [0.2, 0.25) is 5.43 Å². The first-order valence-corrected chi connectivity index (χ1v) is 8.56. The van der Waals surface area contributed by atoms with Gasteiger partial charge in [-0.1, -0.05) is 0 Å². The second kappa shape index (κ2) is 6.31. The fourth-order valence-corrected chi connectivity index (χ4v) is 2.95. The molecule has 1 N–H and O–H groups in total. The Bertz CT molecular complexity index is 1270. The number of aromatic amines is 1. The van der Waals surface area contributed by atoms with Gasteiger partial charge in [0.15, 0.2) is 11.2 Å². The Morgan fingerprint density at radius 3 is 2.56 bits per heavy atom. The molecule has 4 aromatic heterocycles. The van der Waals surface area contributed by atoms with Gasteiger partial charge in [0.05, 0.1) is 0 Å². The Labute approximate surface area is 154 Å². The molecular weight excluding hydrogens is 344 g/mol. The average molecular weight is 362 g/mol. The van der Waals surface area contributed by atoms with E-state index in [1.165, 1.54) is 12.1 Å². The van der Waals surface area contributed by atoms with E-state index in [1.54, 1.807) is 27.7 Å². The van der Waals surface area contributed by atoms with E-state index in [2.05, 4.69) is 20.1 Å². The van der Waals surface area contributed by atoms with E-state index >= 15 is 0 Å². The predicted octanol–water partition coefficient (Wildman–Crippen LogP) is 2.13. The van der Waals surface area contributed by atoms with Crippen LogP contribution in [-0.2, 0) is 7.05 Å². The topological polar surface area (TPSA) is 98.5 Å². The van der Waals surface area contributed by atoms with Crippen LogP contribution in [0.15, 0.2) is 52.4 Å². The molecule has 0 aliphatic rings. The summed E-state index contributed by atoms with van der Waals surface area (Å²) in [5, 5.41) is 4.43. The summed E-state index contributed by atoms with van der Waals surface area (Å²) in [6, 6.07) is 6.43. The van der Waals surface area contributed by atoms with E-state index in [4.69, 9.17) is 0 Å². The number of fused-ring (bicyclic) bond motifs is 1. The van der Waals surface area contributed by atoms with Crippen molar-refractivity contribution in [3.8, 4) is 22.6 Å². The number of nitrogens with zero attached hydrogens (tertiary/aromatic N) is 5. The van der Waals surface area contributed by atoms with E-state index in [1.807, 2.05) is 33.2 Å². The van der Waals surface area contributed by atoms with Gasteiger partial charge in [0.25, 0.3) is 5.56 Å². The van der Waals surface area contributed by atoms with Crippen LogP contribution >= 0.6 is 0 Å². The highest BCUT2D eigenvalue weighted by Crippen LogP contribution is 2.28. The highest BCUT2D eigenvalue weighted by atomic mass is 16.1. The van der Waals surface area contributed by atoms with Crippen LogP contribution in [0, 0.1) is 0 Å². The standard InChI is InChI=1S/C19H18N6O2/c1-11(2)25-10-12(4-5-15(25)27)16-17(13-7-9-24(3)23-13)22-19-18(21-16)14(26)6-8-20-19/h4-11H,1-3H3,(H,20,22,26). The summed E-state index contributed by atoms with van der Waals surface area (Å²) in [6.07, 6.45) is 5.10. The van der Waals surface area contributed by atoms with Crippen molar-refractivity contribution >= 4 is 11.2 Å². The smallest absolute Gasteiger partial charge is 0.250 e. The molecule has 0 radical (unpaired) electrons. The van der Waals surface area contributed by atoms with Gasteiger partial charge in [-0.2, -0.15) is 5.10 Å². The van der Waals surface area contributed by atoms with Crippen molar-refractivity contribution in [2.24, 2.45) is 7.05 Å². The lowest BCUT2D eigenvalue weighted by molar-refractivity contribution is 0.579.